The van der Waals surface area contributed by atoms with Gasteiger partial charge in [0.15, 0.2) is 17.3 Å². The highest BCUT2D eigenvalue weighted by Gasteiger charge is 2.25. The molecule has 0 bridgehead atoms. The van der Waals surface area contributed by atoms with Crippen molar-refractivity contribution in [3.63, 3.8) is 0 Å². The third-order valence-electron chi connectivity index (χ3n) is 4.77. The Balaban J connectivity index is 1.70. The molecule has 1 N–H and O–H groups in total. The number of aromatic nitrogens is 3. The van der Waals surface area contributed by atoms with Crippen molar-refractivity contribution in [1.82, 2.24) is 14.2 Å². The Hall–Kier alpha value is -3.79. The summed E-state index contributed by atoms with van der Waals surface area (Å²) in [6.07, 6.45) is 1.47. The smallest absolute Gasteiger partial charge is 0.286 e. The quantitative estimate of drug-likeness (QED) is 0.429. The van der Waals surface area contributed by atoms with Gasteiger partial charge in [0, 0.05) is 6.54 Å². The minimum absolute atomic E-state index is 0.0618. The lowest BCUT2D eigenvalue weighted by molar-refractivity contribution is 0.354. The van der Waals surface area contributed by atoms with Crippen LogP contribution < -0.4 is 14.8 Å². The molecular weight excluding hydrogens is 432 g/mol. The van der Waals surface area contributed by atoms with Crippen molar-refractivity contribution in [2.24, 2.45) is 0 Å². The van der Waals surface area contributed by atoms with Gasteiger partial charge < -0.3 is 19.2 Å². The van der Waals surface area contributed by atoms with Crippen molar-refractivity contribution < 1.29 is 22.3 Å². The maximum Gasteiger partial charge on any atom is 0.286 e. The fourth-order valence-corrected chi connectivity index (χ4v) is 4.26. The standard InChI is InChI=1S/C22H22N4O5S/c1-15-6-9-17(10-7-15)32(27,28)26-22(24-21(25-26)19-5-4-12-31-19)23-14-16-8-11-18(29-2)20(13-16)30-3/h4-13H,14H2,1-3H3,(H,23,24,25). The summed E-state index contributed by atoms with van der Waals surface area (Å²) < 4.78 is 43.4. The number of hydrogen-bond donors (Lipinski definition) is 1. The van der Waals surface area contributed by atoms with Gasteiger partial charge in [-0.15, -0.1) is 9.19 Å². The Labute approximate surface area is 185 Å². The second-order valence-electron chi connectivity index (χ2n) is 6.94. The predicted molar refractivity (Wildman–Crippen MR) is 118 cm³/mol. The van der Waals surface area contributed by atoms with Gasteiger partial charge in [-0.2, -0.15) is 13.4 Å². The Morgan fingerprint density at radius 2 is 1.78 bits per heavy atom. The molecular formula is C22H22N4O5S. The van der Waals surface area contributed by atoms with Gasteiger partial charge in [0.25, 0.3) is 10.0 Å². The van der Waals surface area contributed by atoms with E-state index in [0.717, 1.165) is 15.2 Å². The molecule has 4 aromatic rings. The average molecular weight is 455 g/mol. The van der Waals surface area contributed by atoms with E-state index >= 15 is 0 Å². The van der Waals surface area contributed by atoms with Crippen LogP contribution in [0.15, 0.2) is 70.2 Å². The maximum absolute atomic E-state index is 13.3. The molecule has 0 atom stereocenters. The van der Waals surface area contributed by atoms with Crippen LogP contribution in [0.3, 0.4) is 0 Å². The van der Waals surface area contributed by atoms with E-state index in [1.807, 2.05) is 13.0 Å². The van der Waals surface area contributed by atoms with Gasteiger partial charge in [-0.1, -0.05) is 23.8 Å². The molecule has 166 valence electrons. The zero-order valence-electron chi connectivity index (χ0n) is 17.8. The van der Waals surface area contributed by atoms with Crippen LogP contribution in [-0.4, -0.2) is 36.8 Å². The molecule has 0 radical (unpaired) electrons. The van der Waals surface area contributed by atoms with E-state index in [2.05, 4.69) is 15.4 Å². The lowest BCUT2D eigenvalue weighted by Gasteiger charge is -2.11. The summed E-state index contributed by atoms with van der Waals surface area (Å²) in [6, 6.07) is 15.3. The third-order valence-corrected chi connectivity index (χ3v) is 6.34. The Morgan fingerprint density at radius 1 is 1.03 bits per heavy atom. The fraction of sp³-hybridized carbons (Fsp3) is 0.182. The van der Waals surface area contributed by atoms with Gasteiger partial charge in [-0.05, 0) is 48.9 Å². The molecule has 4 rings (SSSR count). The van der Waals surface area contributed by atoms with E-state index in [-0.39, 0.29) is 23.2 Å². The average Bonchev–Trinajstić information content (AvgIpc) is 3.48. The zero-order chi connectivity index (χ0) is 22.7. The molecule has 0 saturated carbocycles. The van der Waals surface area contributed by atoms with E-state index in [9.17, 15) is 8.42 Å². The van der Waals surface area contributed by atoms with Gasteiger partial charge in [0.1, 0.15) is 0 Å². The normalized spacial score (nSPS) is 11.3. The zero-order valence-corrected chi connectivity index (χ0v) is 18.6. The third kappa shape index (κ3) is 4.17. The van der Waals surface area contributed by atoms with Gasteiger partial charge in [0.2, 0.25) is 11.8 Å². The first-order valence-electron chi connectivity index (χ1n) is 9.70. The summed E-state index contributed by atoms with van der Waals surface area (Å²) in [5, 5.41) is 7.27. The number of aryl methyl sites for hydroxylation is 1. The van der Waals surface area contributed by atoms with Crippen LogP contribution in [0, 0.1) is 6.92 Å². The van der Waals surface area contributed by atoms with Gasteiger partial charge >= 0.3 is 0 Å². The molecule has 0 aliphatic heterocycles. The first-order chi connectivity index (χ1) is 15.4. The van der Waals surface area contributed by atoms with E-state index in [1.165, 1.54) is 18.4 Å². The van der Waals surface area contributed by atoms with Crippen LogP contribution in [0.5, 0.6) is 11.5 Å². The number of furan rings is 1. The molecule has 2 heterocycles. The van der Waals surface area contributed by atoms with Gasteiger partial charge in [-0.3, -0.25) is 0 Å². The van der Waals surface area contributed by atoms with Crippen molar-refractivity contribution in [2.75, 3.05) is 19.5 Å². The summed E-state index contributed by atoms with van der Waals surface area (Å²) in [7, 11) is -0.879. The number of nitrogens with one attached hydrogen (secondary N) is 1. The van der Waals surface area contributed by atoms with Crippen LogP contribution in [0.4, 0.5) is 5.95 Å². The molecule has 0 fully saturated rings. The minimum atomic E-state index is -3.99. The lowest BCUT2D eigenvalue weighted by Crippen LogP contribution is -2.18. The molecule has 2 aromatic carbocycles. The molecule has 0 spiro atoms. The summed E-state index contributed by atoms with van der Waals surface area (Å²) in [6.45, 7) is 2.16. The SMILES string of the molecule is COc1ccc(CNc2nc(-c3ccco3)nn2S(=O)(=O)c2ccc(C)cc2)cc1OC. The predicted octanol–water partition coefficient (Wildman–Crippen LogP) is 3.71. The van der Waals surface area contributed by atoms with E-state index in [0.29, 0.717) is 17.3 Å². The van der Waals surface area contributed by atoms with Crippen molar-refractivity contribution >= 4 is 16.0 Å². The second-order valence-corrected chi connectivity index (χ2v) is 8.71. The number of anilines is 1. The fourth-order valence-electron chi connectivity index (χ4n) is 3.07. The summed E-state index contributed by atoms with van der Waals surface area (Å²) in [5.74, 6) is 1.74. The minimum Gasteiger partial charge on any atom is -0.493 e. The molecule has 0 aliphatic carbocycles. The van der Waals surface area contributed by atoms with Gasteiger partial charge in [0.05, 0.1) is 25.4 Å². The Morgan fingerprint density at radius 3 is 2.44 bits per heavy atom. The van der Waals surface area contributed by atoms with Crippen LogP contribution in [0.1, 0.15) is 11.1 Å². The van der Waals surface area contributed by atoms with Crippen LogP contribution in [0.25, 0.3) is 11.6 Å². The van der Waals surface area contributed by atoms with Crippen LogP contribution in [-0.2, 0) is 16.6 Å². The molecule has 10 heteroatoms. The van der Waals surface area contributed by atoms with Gasteiger partial charge in [-0.25, -0.2) is 0 Å². The number of nitrogens with zero attached hydrogens (tertiary/aromatic N) is 3. The Bertz CT molecular complexity index is 1310. The monoisotopic (exact) mass is 454 g/mol. The largest absolute Gasteiger partial charge is 0.493 e. The first-order valence-corrected chi connectivity index (χ1v) is 11.1. The van der Waals surface area contributed by atoms with Crippen molar-refractivity contribution in [3.05, 3.63) is 72.0 Å². The molecule has 2 aromatic heterocycles. The Kier molecular flexibility index (Phi) is 5.87. The number of rotatable bonds is 8. The van der Waals surface area contributed by atoms with Crippen molar-refractivity contribution in [2.45, 2.75) is 18.4 Å². The molecule has 32 heavy (non-hydrogen) atoms. The second kappa shape index (κ2) is 8.75. The highest BCUT2D eigenvalue weighted by Crippen LogP contribution is 2.28. The number of ether oxygens (including phenoxy) is 2. The summed E-state index contributed by atoms with van der Waals surface area (Å²) >= 11 is 0. The molecule has 0 aliphatic rings. The van der Waals surface area contributed by atoms with E-state index in [1.54, 1.807) is 50.6 Å². The molecule has 0 saturated heterocycles. The molecule has 0 unspecified atom stereocenters. The van der Waals surface area contributed by atoms with Crippen LogP contribution >= 0.6 is 0 Å². The maximum atomic E-state index is 13.3. The summed E-state index contributed by atoms with van der Waals surface area (Å²) in [4.78, 5) is 4.47. The highest BCUT2D eigenvalue weighted by atomic mass is 32.2. The van der Waals surface area contributed by atoms with E-state index in [4.69, 9.17) is 13.9 Å². The van der Waals surface area contributed by atoms with Crippen molar-refractivity contribution in [3.8, 4) is 23.1 Å². The number of hydrogen-bond acceptors (Lipinski definition) is 8. The number of benzene rings is 2. The highest BCUT2D eigenvalue weighted by molar-refractivity contribution is 7.90. The first kappa shape index (κ1) is 21.4. The molecule has 9 nitrogen and oxygen atoms in total. The summed E-state index contributed by atoms with van der Waals surface area (Å²) in [5.41, 5.74) is 1.79. The lowest BCUT2D eigenvalue weighted by atomic mass is 10.2. The number of methoxy groups -OCH3 is 2. The van der Waals surface area contributed by atoms with Crippen molar-refractivity contribution in [1.29, 1.82) is 0 Å². The molecule has 0 amide bonds. The topological polar surface area (TPSA) is 108 Å². The van der Waals surface area contributed by atoms with E-state index < -0.39 is 10.0 Å². The van der Waals surface area contributed by atoms with Crippen LogP contribution in [0.2, 0.25) is 0 Å².